The summed E-state index contributed by atoms with van der Waals surface area (Å²) >= 11 is 0. The van der Waals surface area contributed by atoms with E-state index in [2.05, 4.69) is 0 Å². The van der Waals surface area contributed by atoms with Crippen LogP contribution in [0.3, 0.4) is 0 Å². The van der Waals surface area contributed by atoms with E-state index >= 15 is 0 Å². The number of rotatable bonds is 6. The Bertz CT molecular complexity index is 850. The van der Waals surface area contributed by atoms with Crippen molar-refractivity contribution in [3.63, 3.8) is 0 Å². The molecule has 3 aromatic rings. The van der Waals surface area contributed by atoms with E-state index in [1.54, 1.807) is 0 Å². The summed E-state index contributed by atoms with van der Waals surface area (Å²) < 4.78 is 0. The minimum absolute atomic E-state index is 0.410. The van der Waals surface area contributed by atoms with Crippen LogP contribution < -0.4 is 0 Å². The maximum absolute atomic E-state index is 12.1. The number of benzene rings is 3. The first kappa shape index (κ1) is 16.7. The van der Waals surface area contributed by atoms with Crippen LogP contribution in [0.25, 0.3) is 5.57 Å². The molecule has 0 saturated carbocycles. The first-order chi connectivity index (χ1) is 12.2. The summed E-state index contributed by atoms with van der Waals surface area (Å²) in [4.78, 5) is 12.1. The van der Waals surface area contributed by atoms with Gasteiger partial charge >= 0.3 is 5.97 Å². The monoisotopic (exact) mass is 328 g/mol. The fraction of sp³-hybridized carbons (Fsp3) is 0.0870. The molecular formula is C23H20O2. The minimum atomic E-state index is -0.862. The van der Waals surface area contributed by atoms with Gasteiger partial charge in [-0.25, -0.2) is 4.79 Å². The SMILES string of the molecule is O=C(O)C(Cc1ccccc1)=C(Cc1ccccc1)c1ccccc1. The van der Waals surface area contributed by atoms with Crippen molar-refractivity contribution in [2.24, 2.45) is 0 Å². The first-order valence-electron chi connectivity index (χ1n) is 8.32. The van der Waals surface area contributed by atoms with Crippen LogP contribution in [0.15, 0.2) is 96.6 Å². The summed E-state index contributed by atoms with van der Waals surface area (Å²) in [7, 11) is 0. The van der Waals surface area contributed by atoms with Gasteiger partial charge in [0.05, 0.1) is 0 Å². The molecule has 0 aliphatic carbocycles. The van der Waals surface area contributed by atoms with Gasteiger partial charge in [-0.2, -0.15) is 0 Å². The molecular weight excluding hydrogens is 308 g/mol. The van der Waals surface area contributed by atoms with Gasteiger partial charge in [-0.1, -0.05) is 91.0 Å². The van der Waals surface area contributed by atoms with Crippen LogP contribution in [-0.4, -0.2) is 11.1 Å². The third-order valence-electron chi connectivity index (χ3n) is 4.19. The Kier molecular flexibility index (Phi) is 5.43. The molecule has 3 aromatic carbocycles. The highest BCUT2D eigenvalue weighted by Crippen LogP contribution is 2.26. The number of hydrogen-bond acceptors (Lipinski definition) is 1. The highest BCUT2D eigenvalue weighted by atomic mass is 16.4. The Morgan fingerprint density at radius 3 is 1.56 bits per heavy atom. The quantitative estimate of drug-likeness (QED) is 0.646. The second-order valence-corrected chi connectivity index (χ2v) is 5.95. The smallest absolute Gasteiger partial charge is 0.332 e. The molecule has 0 saturated heterocycles. The molecule has 2 nitrogen and oxygen atoms in total. The van der Waals surface area contributed by atoms with Crippen molar-refractivity contribution in [3.05, 3.63) is 113 Å². The van der Waals surface area contributed by atoms with Crippen LogP contribution in [0.5, 0.6) is 0 Å². The molecule has 3 rings (SSSR count). The van der Waals surface area contributed by atoms with Gasteiger partial charge in [0, 0.05) is 12.0 Å². The topological polar surface area (TPSA) is 37.3 Å². The molecule has 124 valence electrons. The van der Waals surface area contributed by atoms with E-state index < -0.39 is 5.97 Å². The number of carbonyl (C=O) groups is 1. The van der Waals surface area contributed by atoms with E-state index in [1.165, 1.54) is 0 Å². The predicted octanol–water partition coefficient (Wildman–Crippen LogP) is 5.01. The Labute approximate surface area is 148 Å². The number of aliphatic carboxylic acids is 1. The lowest BCUT2D eigenvalue weighted by atomic mass is 9.90. The average molecular weight is 328 g/mol. The van der Waals surface area contributed by atoms with E-state index in [4.69, 9.17) is 0 Å². The summed E-state index contributed by atoms with van der Waals surface area (Å²) in [5.41, 5.74) is 4.37. The number of carboxylic acid groups (broad SMARTS) is 1. The maximum atomic E-state index is 12.1. The zero-order valence-electron chi connectivity index (χ0n) is 13.9. The predicted molar refractivity (Wildman–Crippen MR) is 101 cm³/mol. The van der Waals surface area contributed by atoms with Gasteiger partial charge in [-0.3, -0.25) is 0 Å². The summed E-state index contributed by atoms with van der Waals surface area (Å²) in [6.45, 7) is 0. The molecule has 0 heterocycles. The molecule has 0 aromatic heterocycles. The van der Waals surface area contributed by atoms with Gasteiger partial charge in [0.2, 0.25) is 0 Å². The molecule has 25 heavy (non-hydrogen) atoms. The second kappa shape index (κ2) is 8.11. The summed E-state index contributed by atoms with van der Waals surface area (Å²) in [5, 5.41) is 9.89. The fourth-order valence-electron chi connectivity index (χ4n) is 2.93. The molecule has 2 heteroatoms. The number of hydrogen-bond donors (Lipinski definition) is 1. The normalized spacial score (nSPS) is 11.7. The Morgan fingerprint density at radius 1 is 0.640 bits per heavy atom. The molecule has 0 fully saturated rings. The Balaban J connectivity index is 2.08. The van der Waals surface area contributed by atoms with Crippen molar-refractivity contribution < 1.29 is 9.90 Å². The van der Waals surface area contributed by atoms with E-state index in [1.807, 2.05) is 91.0 Å². The zero-order valence-corrected chi connectivity index (χ0v) is 13.9. The second-order valence-electron chi connectivity index (χ2n) is 5.95. The van der Waals surface area contributed by atoms with Crippen molar-refractivity contribution in [2.45, 2.75) is 12.8 Å². The van der Waals surface area contributed by atoms with Crippen LogP contribution in [0.1, 0.15) is 16.7 Å². The number of carboxylic acids is 1. The summed E-state index contributed by atoms with van der Waals surface area (Å²) in [6, 6.07) is 29.5. The largest absolute Gasteiger partial charge is 0.478 e. The van der Waals surface area contributed by atoms with Crippen LogP contribution in [-0.2, 0) is 17.6 Å². The Morgan fingerprint density at radius 2 is 1.08 bits per heavy atom. The zero-order chi connectivity index (χ0) is 17.5. The van der Waals surface area contributed by atoms with Crippen molar-refractivity contribution in [2.75, 3.05) is 0 Å². The summed E-state index contributed by atoms with van der Waals surface area (Å²) in [5.74, 6) is -0.862. The molecule has 0 unspecified atom stereocenters. The lowest BCUT2D eigenvalue weighted by Crippen LogP contribution is -2.09. The molecule has 0 spiro atoms. The van der Waals surface area contributed by atoms with Gasteiger partial charge in [-0.05, 0) is 28.7 Å². The molecule has 0 bridgehead atoms. The molecule has 0 amide bonds. The molecule has 1 N–H and O–H groups in total. The highest BCUT2D eigenvalue weighted by Gasteiger charge is 2.17. The van der Waals surface area contributed by atoms with Gasteiger partial charge < -0.3 is 5.11 Å². The van der Waals surface area contributed by atoms with Gasteiger partial charge in [-0.15, -0.1) is 0 Å². The highest BCUT2D eigenvalue weighted by molar-refractivity contribution is 5.97. The van der Waals surface area contributed by atoms with Gasteiger partial charge in [0.25, 0.3) is 0 Å². The third kappa shape index (κ3) is 4.45. The molecule has 0 radical (unpaired) electrons. The molecule has 0 aliphatic heterocycles. The summed E-state index contributed by atoms with van der Waals surface area (Å²) in [6.07, 6.45) is 1.01. The van der Waals surface area contributed by atoms with E-state index in [0.717, 1.165) is 22.3 Å². The first-order valence-corrected chi connectivity index (χ1v) is 8.32. The lowest BCUT2D eigenvalue weighted by molar-refractivity contribution is -0.132. The van der Waals surface area contributed by atoms with Crippen LogP contribution >= 0.6 is 0 Å². The van der Waals surface area contributed by atoms with Crippen molar-refractivity contribution >= 4 is 11.5 Å². The molecule has 0 atom stereocenters. The van der Waals surface area contributed by atoms with Gasteiger partial charge in [0.1, 0.15) is 0 Å². The van der Waals surface area contributed by atoms with Crippen molar-refractivity contribution in [1.29, 1.82) is 0 Å². The third-order valence-corrected chi connectivity index (χ3v) is 4.19. The van der Waals surface area contributed by atoms with E-state index in [9.17, 15) is 9.90 Å². The fourth-order valence-corrected chi connectivity index (χ4v) is 2.93. The van der Waals surface area contributed by atoms with Gasteiger partial charge in [0.15, 0.2) is 0 Å². The minimum Gasteiger partial charge on any atom is -0.478 e. The lowest BCUT2D eigenvalue weighted by Gasteiger charge is -2.14. The maximum Gasteiger partial charge on any atom is 0.332 e. The van der Waals surface area contributed by atoms with E-state index in [0.29, 0.717) is 18.4 Å². The standard InChI is InChI=1S/C23H20O2/c24-23(25)22(17-19-12-6-2-7-13-19)21(20-14-8-3-9-15-20)16-18-10-4-1-5-11-18/h1-15H,16-17H2,(H,24,25). The average Bonchev–Trinajstić information content (AvgIpc) is 2.67. The Hall–Kier alpha value is -3.13. The molecule has 0 aliphatic rings. The van der Waals surface area contributed by atoms with Crippen molar-refractivity contribution in [1.82, 2.24) is 0 Å². The number of allylic oxidation sites excluding steroid dienone is 1. The van der Waals surface area contributed by atoms with Crippen LogP contribution in [0.2, 0.25) is 0 Å². The van der Waals surface area contributed by atoms with Crippen LogP contribution in [0, 0.1) is 0 Å². The van der Waals surface area contributed by atoms with Crippen LogP contribution in [0.4, 0.5) is 0 Å². The van der Waals surface area contributed by atoms with E-state index in [-0.39, 0.29) is 0 Å². The van der Waals surface area contributed by atoms with Crippen molar-refractivity contribution in [3.8, 4) is 0 Å².